The maximum atomic E-state index is 13.2. The van der Waals surface area contributed by atoms with Crippen molar-refractivity contribution in [2.45, 2.75) is 58.7 Å². The summed E-state index contributed by atoms with van der Waals surface area (Å²) in [6.07, 6.45) is 3.31. The Morgan fingerprint density at radius 2 is 1.96 bits per heavy atom. The molecule has 3 heteroatoms. The fourth-order valence-electron chi connectivity index (χ4n) is 4.35. The molecule has 0 radical (unpaired) electrons. The molecule has 0 aromatic heterocycles. The van der Waals surface area contributed by atoms with Gasteiger partial charge in [0, 0.05) is 17.1 Å². The number of hydrogen-bond donors (Lipinski definition) is 2. The SMILES string of the molecule is Cc1ccc2c3c1CCC(C(C)(C)O)[C@]3(O)C(=O)C(C(C)C)=C2. The number of carbonyl (C=O) groups is 1. The van der Waals surface area contributed by atoms with Gasteiger partial charge in [0.2, 0.25) is 0 Å². The molecule has 0 aliphatic heterocycles. The van der Waals surface area contributed by atoms with E-state index in [1.165, 1.54) is 0 Å². The van der Waals surface area contributed by atoms with E-state index in [4.69, 9.17) is 0 Å². The smallest absolute Gasteiger partial charge is 0.195 e. The van der Waals surface area contributed by atoms with Gasteiger partial charge in [-0.2, -0.15) is 0 Å². The highest BCUT2D eigenvalue weighted by Gasteiger charge is 2.56. The number of Topliss-reactive ketones (excluding diaryl/α,β-unsaturated/α-hetero) is 1. The van der Waals surface area contributed by atoms with Gasteiger partial charge in [0.05, 0.1) is 5.60 Å². The van der Waals surface area contributed by atoms with Gasteiger partial charge in [-0.3, -0.25) is 4.79 Å². The first kappa shape index (κ1) is 16.4. The van der Waals surface area contributed by atoms with Gasteiger partial charge in [-0.1, -0.05) is 26.0 Å². The quantitative estimate of drug-likeness (QED) is 0.882. The van der Waals surface area contributed by atoms with Crippen molar-refractivity contribution in [1.29, 1.82) is 0 Å². The van der Waals surface area contributed by atoms with Crippen LogP contribution in [0.25, 0.3) is 6.08 Å². The molecule has 1 aromatic rings. The minimum Gasteiger partial charge on any atom is -0.390 e. The predicted molar refractivity (Wildman–Crippen MR) is 91.0 cm³/mol. The van der Waals surface area contributed by atoms with Crippen LogP contribution in [-0.4, -0.2) is 21.6 Å². The Labute approximate surface area is 138 Å². The molecular formula is C20H26O3. The summed E-state index contributed by atoms with van der Waals surface area (Å²) in [5, 5.41) is 22.3. The van der Waals surface area contributed by atoms with E-state index < -0.39 is 17.1 Å². The van der Waals surface area contributed by atoms with Gasteiger partial charge in [0.15, 0.2) is 11.4 Å². The van der Waals surface area contributed by atoms with Crippen LogP contribution < -0.4 is 0 Å². The lowest BCUT2D eigenvalue weighted by Gasteiger charge is -2.48. The average Bonchev–Trinajstić information content (AvgIpc) is 2.44. The van der Waals surface area contributed by atoms with E-state index >= 15 is 0 Å². The normalized spacial score (nSPS) is 27.0. The topological polar surface area (TPSA) is 57.5 Å². The van der Waals surface area contributed by atoms with Crippen LogP contribution in [-0.2, 0) is 16.8 Å². The highest BCUT2D eigenvalue weighted by molar-refractivity contribution is 6.09. The summed E-state index contributed by atoms with van der Waals surface area (Å²) in [4.78, 5) is 13.2. The minimum absolute atomic E-state index is 0.0359. The van der Waals surface area contributed by atoms with E-state index in [0.717, 1.165) is 28.7 Å². The predicted octanol–water partition coefficient (Wildman–Crippen LogP) is 3.14. The van der Waals surface area contributed by atoms with Crippen LogP contribution in [0.4, 0.5) is 0 Å². The van der Waals surface area contributed by atoms with Gasteiger partial charge in [0.1, 0.15) is 0 Å². The van der Waals surface area contributed by atoms with E-state index in [0.29, 0.717) is 12.0 Å². The van der Waals surface area contributed by atoms with Crippen molar-refractivity contribution in [3.8, 4) is 0 Å². The number of benzene rings is 1. The molecule has 0 bridgehead atoms. The van der Waals surface area contributed by atoms with Crippen LogP contribution in [0.1, 0.15) is 56.4 Å². The second-order valence-corrected chi connectivity index (χ2v) is 7.92. The maximum Gasteiger partial charge on any atom is 0.195 e. The number of carbonyl (C=O) groups excluding carboxylic acids is 1. The van der Waals surface area contributed by atoms with Crippen molar-refractivity contribution in [3.05, 3.63) is 40.0 Å². The third-order valence-corrected chi connectivity index (χ3v) is 5.54. The first-order valence-corrected chi connectivity index (χ1v) is 8.42. The van der Waals surface area contributed by atoms with E-state index in [1.54, 1.807) is 13.8 Å². The Morgan fingerprint density at radius 1 is 1.30 bits per heavy atom. The van der Waals surface area contributed by atoms with Gasteiger partial charge in [-0.05, 0) is 62.3 Å². The molecule has 0 spiro atoms. The highest BCUT2D eigenvalue weighted by atomic mass is 16.3. The number of aliphatic hydroxyl groups is 2. The van der Waals surface area contributed by atoms with Crippen LogP contribution in [0.2, 0.25) is 0 Å². The van der Waals surface area contributed by atoms with Crippen molar-refractivity contribution in [2.75, 3.05) is 0 Å². The second-order valence-electron chi connectivity index (χ2n) is 7.92. The Balaban J connectivity index is 2.35. The number of aryl methyl sites for hydroxylation is 1. The zero-order valence-corrected chi connectivity index (χ0v) is 14.6. The number of rotatable bonds is 2. The number of hydrogen-bond acceptors (Lipinski definition) is 3. The van der Waals surface area contributed by atoms with Gasteiger partial charge in [-0.25, -0.2) is 0 Å². The van der Waals surface area contributed by atoms with Crippen molar-refractivity contribution < 1.29 is 15.0 Å². The molecule has 2 aliphatic rings. The molecule has 0 fully saturated rings. The summed E-state index contributed by atoms with van der Waals surface area (Å²) in [6, 6.07) is 4.05. The zero-order valence-electron chi connectivity index (χ0n) is 14.6. The van der Waals surface area contributed by atoms with Crippen LogP contribution in [0.3, 0.4) is 0 Å². The molecular weight excluding hydrogens is 288 g/mol. The van der Waals surface area contributed by atoms with Gasteiger partial charge in [-0.15, -0.1) is 0 Å². The molecule has 23 heavy (non-hydrogen) atoms. The number of ketones is 1. The van der Waals surface area contributed by atoms with E-state index in [1.807, 2.05) is 32.9 Å². The second kappa shape index (κ2) is 5.02. The maximum absolute atomic E-state index is 13.2. The Morgan fingerprint density at radius 3 is 2.52 bits per heavy atom. The molecule has 0 heterocycles. The Hall–Kier alpha value is -1.45. The lowest BCUT2D eigenvalue weighted by Crippen LogP contribution is -2.56. The monoisotopic (exact) mass is 314 g/mol. The van der Waals surface area contributed by atoms with E-state index in [-0.39, 0.29) is 11.7 Å². The molecule has 1 unspecified atom stereocenters. The van der Waals surface area contributed by atoms with E-state index in [2.05, 4.69) is 6.07 Å². The summed E-state index contributed by atoms with van der Waals surface area (Å²) in [5.41, 5.74) is 1.72. The van der Waals surface area contributed by atoms with Gasteiger partial charge >= 0.3 is 0 Å². The largest absolute Gasteiger partial charge is 0.390 e. The van der Waals surface area contributed by atoms with Gasteiger partial charge in [0.25, 0.3) is 0 Å². The van der Waals surface area contributed by atoms with Crippen molar-refractivity contribution in [3.63, 3.8) is 0 Å². The van der Waals surface area contributed by atoms with Crippen molar-refractivity contribution >= 4 is 11.9 Å². The lowest BCUT2D eigenvalue weighted by atomic mass is 9.59. The molecule has 124 valence electrons. The lowest BCUT2D eigenvalue weighted by molar-refractivity contribution is -0.160. The third kappa shape index (κ3) is 2.21. The molecule has 3 rings (SSSR count). The van der Waals surface area contributed by atoms with Crippen LogP contribution in [0, 0.1) is 18.8 Å². The van der Waals surface area contributed by atoms with Gasteiger partial charge < -0.3 is 10.2 Å². The fourth-order valence-corrected chi connectivity index (χ4v) is 4.35. The summed E-state index contributed by atoms with van der Waals surface area (Å²) in [7, 11) is 0. The Bertz CT molecular complexity index is 706. The zero-order chi connectivity index (χ0) is 17.2. The first-order valence-electron chi connectivity index (χ1n) is 8.42. The van der Waals surface area contributed by atoms with E-state index in [9.17, 15) is 15.0 Å². The molecule has 2 N–H and O–H groups in total. The first-order chi connectivity index (χ1) is 10.6. The third-order valence-electron chi connectivity index (χ3n) is 5.54. The van der Waals surface area contributed by atoms with Crippen LogP contribution >= 0.6 is 0 Å². The average molecular weight is 314 g/mol. The Kier molecular flexibility index (Phi) is 3.58. The molecule has 0 saturated heterocycles. The van der Waals surface area contributed by atoms with Crippen LogP contribution in [0.5, 0.6) is 0 Å². The summed E-state index contributed by atoms with van der Waals surface area (Å²) < 4.78 is 0. The summed E-state index contributed by atoms with van der Waals surface area (Å²) in [5.74, 6) is -0.703. The van der Waals surface area contributed by atoms with Crippen molar-refractivity contribution in [1.82, 2.24) is 0 Å². The minimum atomic E-state index is -1.62. The fraction of sp³-hybridized carbons (Fsp3) is 0.550. The summed E-state index contributed by atoms with van der Waals surface area (Å²) in [6.45, 7) is 9.34. The molecule has 3 nitrogen and oxygen atoms in total. The molecule has 2 aliphatic carbocycles. The molecule has 0 amide bonds. The molecule has 0 saturated carbocycles. The molecule has 2 atom stereocenters. The van der Waals surface area contributed by atoms with Crippen molar-refractivity contribution in [2.24, 2.45) is 11.8 Å². The summed E-state index contributed by atoms with van der Waals surface area (Å²) >= 11 is 0. The highest BCUT2D eigenvalue weighted by Crippen LogP contribution is 2.51. The molecule has 1 aromatic carbocycles. The van der Waals surface area contributed by atoms with Crippen LogP contribution in [0.15, 0.2) is 17.7 Å². The standard InChI is InChI=1S/C20H26O3/c1-11(2)15-10-13-7-6-12(3)14-8-9-16(19(4,5)22)20(23,17(13)14)18(15)21/h6-7,10-11,16,22-23H,8-9H2,1-5H3/t16?,20-/m1/s1.